The van der Waals surface area contributed by atoms with Gasteiger partial charge < -0.3 is 14.0 Å². The number of rotatable bonds is 7. The summed E-state index contributed by atoms with van der Waals surface area (Å²) in [4.78, 5) is 22.3. The van der Waals surface area contributed by atoms with Crippen LogP contribution in [0.1, 0.15) is 31.1 Å². The van der Waals surface area contributed by atoms with Crippen LogP contribution < -0.4 is 9.47 Å². The number of aromatic nitrogens is 8. The van der Waals surface area contributed by atoms with Gasteiger partial charge in [-0.25, -0.2) is 29.6 Å². The zero-order chi connectivity index (χ0) is 24.5. The maximum Gasteiger partial charge on any atom is 0.231 e. The van der Waals surface area contributed by atoms with Gasteiger partial charge in [0.2, 0.25) is 11.8 Å². The summed E-state index contributed by atoms with van der Waals surface area (Å²) in [6.07, 6.45) is 6.95. The zero-order valence-corrected chi connectivity index (χ0v) is 20.3. The van der Waals surface area contributed by atoms with Gasteiger partial charge in [0.05, 0.1) is 37.5 Å². The van der Waals surface area contributed by atoms with E-state index in [1.807, 2.05) is 11.6 Å². The number of hydrogen-bond acceptors (Lipinski definition) is 8. The largest absolute Gasteiger partial charge is 0.480 e. The molecule has 35 heavy (non-hydrogen) atoms. The van der Waals surface area contributed by atoms with Gasteiger partial charge in [-0.3, -0.25) is 0 Å². The average Bonchev–Trinajstić information content (AvgIpc) is 3.50. The molecule has 5 rings (SSSR count). The van der Waals surface area contributed by atoms with Crippen molar-refractivity contribution in [1.29, 1.82) is 0 Å². The van der Waals surface area contributed by atoms with E-state index in [1.54, 1.807) is 12.4 Å². The molecule has 1 aromatic carbocycles. The van der Waals surface area contributed by atoms with Crippen LogP contribution in [-0.4, -0.2) is 53.5 Å². The summed E-state index contributed by atoms with van der Waals surface area (Å²) in [5.41, 5.74) is 4.37. The lowest BCUT2D eigenvalue weighted by atomic mass is 10.1. The minimum Gasteiger partial charge on any atom is -0.480 e. The quantitative estimate of drug-likeness (QED) is 0.350. The zero-order valence-electron chi connectivity index (χ0n) is 20.3. The fourth-order valence-electron chi connectivity index (χ4n) is 4.16. The van der Waals surface area contributed by atoms with Crippen molar-refractivity contribution in [1.82, 2.24) is 39.3 Å². The Morgan fingerprint density at radius 3 is 2.31 bits per heavy atom. The second kappa shape index (κ2) is 9.13. The van der Waals surface area contributed by atoms with Gasteiger partial charge in [0.25, 0.3) is 0 Å². The predicted molar refractivity (Wildman–Crippen MR) is 131 cm³/mol. The first-order valence-electron chi connectivity index (χ1n) is 11.3. The number of nitrogens with zero attached hydrogens (tertiary/aromatic N) is 8. The van der Waals surface area contributed by atoms with E-state index >= 15 is 0 Å². The standard InChI is InChI=1S/C25H26N8O2/c1-6-32-13-15(2)30-22(32)18-9-7-17(8-10-18)16(3)33-23-19(12-29-33)11-26-21(31-23)20-24(34-4)27-14-28-25(20)35-5/h7-14,16H,6H2,1-5H3/t16-/m0/s1. The number of ether oxygens (including phenoxy) is 2. The van der Waals surface area contributed by atoms with E-state index in [2.05, 4.69) is 73.9 Å². The molecule has 4 aromatic heterocycles. The highest BCUT2D eigenvalue weighted by atomic mass is 16.5. The molecule has 0 amide bonds. The highest BCUT2D eigenvalue weighted by Crippen LogP contribution is 2.34. The Labute approximate surface area is 202 Å². The SMILES string of the molecule is CCn1cc(C)nc1-c1ccc([C@H](C)n2ncc3cnc(-c4c(OC)ncnc4OC)nc32)cc1. The van der Waals surface area contributed by atoms with Gasteiger partial charge in [-0.15, -0.1) is 0 Å². The van der Waals surface area contributed by atoms with Crippen molar-refractivity contribution in [3.8, 4) is 34.5 Å². The van der Waals surface area contributed by atoms with Gasteiger partial charge in [-0.2, -0.15) is 5.10 Å². The van der Waals surface area contributed by atoms with E-state index in [0.717, 1.165) is 34.6 Å². The van der Waals surface area contributed by atoms with Gasteiger partial charge in [0.15, 0.2) is 11.5 Å². The van der Waals surface area contributed by atoms with Crippen LogP contribution in [0, 0.1) is 6.92 Å². The lowest BCUT2D eigenvalue weighted by molar-refractivity contribution is 0.374. The summed E-state index contributed by atoms with van der Waals surface area (Å²) >= 11 is 0. The maximum atomic E-state index is 5.41. The average molecular weight is 471 g/mol. The molecule has 0 fully saturated rings. The van der Waals surface area contributed by atoms with Crippen molar-refractivity contribution in [3.05, 3.63) is 60.4 Å². The third kappa shape index (κ3) is 3.96. The summed E-state index contributed by atoms with van der Waals surface area (Å²) in [6.45, 7) is 7.09. The van der Waals surface area contributed by atoms with Crippen molar-refractivity contribution in [2.75, 3.05) is 14.2 Å². The Hall–Kier alpha value is -4.34. The lowest BCUT2D eigenvalue weighted by Crippen LogP contribution is -2.10. The number of hydrogen-bond donors (Lipinski definition) is 0. The van der Waals surface area contributed by atoms with Crippen LogP contribution in [0.2, 0.25) is 0 Å². The summed E-state index contributed by atoms with van der Waals surface area (Å²) < 4.78 is 14.9. The minimum atomic E-state index is -0.0622. The molecule has 0 aliphatic rings. The van der Waals surface area contributed by atoms with Crippen molar-refractivity contribution in [2.24, 2.45) is 0 Å². The molecule has 0 bridgehead atoms. The summed E-state index contributed by atoms with van der Waals surface area (Å²) in [5.74, 6) is 2.05. The Kier molecular flexibility index (Phi) is 5.86. The van der Waals surface area contributed by atoms with Crippen molar-refractivity contribution in [2.45, 2.75) is 33.4 Å². The van der Waals surface area contributed by atoms with Gasteiger partial charge in [0.1, 0.15) is 17.7 Å². The molecule has 0 N–H and O–H groups in total. The molecular weight excluding hydrogens is 444 g/mol. The van der Waals surface area contributed by atoms with Gasteiger partial charge in [-0.05, 0) is 26.3 Å². The van der Waals surface area contributed by atoms with Crippen LogP contribution in [-0.2, 0) is 6.54 Å². The van der Waals surface area contributed by atoms with Crippen LogP contribution >= 0.6 is 0 Å². The molecule has 4 heterocycles. The van der Waals surface area contributed by atoms with Crippen molar-refractivity contribution in [3.63, 3.8) is 0 Å². The third-order valence-electron chi connectivity index (χ3n) is 5.98. The molecule has 0 radical (unpaired) electrons. The topological polar surface area (TPSA) is 106 Å². The Morgan fingerprint density at radius 1 is 0.943 bits per heavy atom. The number of aryl methyl sites for hydroxylation is 2. The Morgan fingerprint density at radius 2 is 1.66 bits per heavy atom. The highest BCUT2D eigenvalue weighted by molar-refractivity contribution is 5.78. The maximum absolute atomic E-state index is 5.41. The van der Waals surface area contributed by atoms with Crippen LogP contribution in [0.3, 0.4) is 0 Å². The third-order valence-corrected chi connectivity index (χ3v) is 5.98. The minimum absolute atomic E-state index is 0.0622. The Balaban J connectivity index is 1.52. The molecule has 0 spiro atoms. The lowest BCUT2D eigenvalue weighted by Gasteiger charge is -2.15. The molecule has 10 nitrogen and oxygen atoms in total. The summed E-state index contributed by atoms with van der Waals surface area (Å²) in [6, 6.07) is 8.35. The van der Waals surface area contributed by atoms with E-state index in [0.29, 0.717) is 28.8 Å². The molecule has 178 valence electrons. The number of imidazole rings is 1. The number of benzene rings is 1. The number of methoxy groups -OCH3 is 2. The monoisotopic (exact) mass is 470 g/mol. The summed E-state index contributed by atoms with van der Waals surface area (Å²) in [7, 11) is 3.07. The highest BCUT2D eigenvalue weighted by Gasteiger charge is 2.21. The molecule has 0 aliphatic carbocycles. The summed E-state index contributed by atoms with van der Waals surface area (Å²) in [5, 5.41) is 5.43. The van der Waals surface area contributed by atoms with E-state index in [-0.39, 0.29) is 6.04 Å². The number of fused-ring (bicyclic) bond motifs is 1. The Bertz CT molecular complexity index is 1470. The van der Waals surface area contributed by atoms with Crippen LogP contribution in [0.4, 0.5) is 0 Å². The molecule has 0 saturated heterocycles. The molecule has 5 aromatic rings. The first kappa shape index (κ1) is 22.5. The molecule has 1 atom stereocenters. The van der Waals surface area contributed by atoms with Gasteiger partial charge >= 0.3 is 0 Å². The van der Waals surface area contributed by atoms with Gasteiger partial charge in [-0.1, -0.05) is 24.3 Å². The molecule has 0 unspecified atom stereocenters. The van der Waals surface area contributed by atoms with Gasteiger partial charge in [0, 0.05) is 24.5 Å². The second-order valence-electron chi connectivity index (χ2n) is 8.12. The van der Waals surface area contributed by atoms with Crippen LogP contribution in [0.15, 0.2) is 49.2 Å². The van der Waals surface area contributed by atoms with Crippen molar-refractivity contribution < 1.29 is 9.47 Å². The molecule has 0 aliphatic heterocycles. The van der Waals surface area contributed by atoms with Crippen LogP contribution in [0.5, 0.6) is 11.8 Å². The molecule has 0 saturated carbocycles. The van der Waals surface area contributed by atoms with E-state index < -0.39 is 0 Å². The van der Waals surface area contributed by atoms with Crippen molar-refractivity contribution >= 4 is 11.0 Å². The smallest absolute Gasteiger partial charge is 0.231 e. The second-order valence-corrected chi connectivity index (χ2v) is 8.12. The predicted octanol–water partition coefficient (Wildman–Crippen LogP) is 4.10. The first-order valence-corrected chi connectivity index (χ1v) is 11.3. The van der Waals surface area contributed by atoms with Crippen LogP contribution in [0.25, 0.3) is 33.8 Å². The van der Waals surface area contributed by atoms with E-state index in [9.17, 15) is 0 Å². The molecular formula is C25H26N8O2. The molecule has 10 heteroatoms. The fraction of sp³-hybridized carbons (Fsp3) is 0.280. The van der Waals surface area contributed by atoms with E-state index in [4.69, 9.17) is 14.5 Å². The van der Waals surface area contributed by atoms with E-state index in [1.165, 1.54) is 20.5 Å². The fourth-order valence-corrected chi connectivity index (χ4v) is 4.16. The normalized spacial score (nSPS) is 12.1. The first-order chi connectivity index (χ1) is 17.0.